The third-order valence-corrected chi connectivity index (χ3v) is 5.76. The van der Waals surface area contributed by atoms with Crippen molar-refractivity contribution in [3.63, 3.8) is 0 Å². The maximum Gasteiger partial charge on any atom is 0.417 e. The van der Waals surface area contributed by atoms with Gasteiger partial charge in [-0.25, -0.2) is 4.39 Å². The first kappa shape index (κ1) is 24.9. The van der Waals surface area contributed by atoms with Crippen LogP contribution in [-0.2, 0) is 9.53 Å². The Kier molecular flexibility index (Phi) is 6.96. The van der Waals surface area contributed by atoms with E-state index in [0.29, 0.717) is 0 Å². The first-order valence-corrected chi connectivity index (χ1v) is 10.0. The summed E-state index contributed by atoms with van der Waals surface area (Å²) in [4.78, 5) is 16.9. The maximum atomic E-state index is 14.0. The van der Waals surface area contributed by atoms with E-state index in [0.717, 1.165) is 13.0 Å². The Labute approximate surface area is 187 Å². The monoisotopic (exact) mass is 472 g/mol. The Morgan fingerprint density at radius 3 is 2.70 bits per heavy atom. The van der Waals surface area contributed by atoms with Crippen LogP contribution < -0.4 is 10.1 Å². The molecule has 0 saturated carbocycles. The molecular weight excluding hydrogens is 448 g/mol. The number of ether oxygens (including phenoxy) is 2. The van der Waals surface area contributed by atoms with Gasteiger partial charge >= 0.3 is 6.18 Å². The molecule has 180 valence electrons. The predicted octanol–water partition coefficient (Wildman–Crippen LogP) is 3.40. The summed E-state index contributed by atoms with van der Waals surface area (Å²) in [5.41, 5.74) is -2.09. The molecule has 0 spiro atoms. The number of amides is 1. The van der Waals surface area contributed by atoms with Crippen LogP contribution in [0.3, 0.4) is 0 Å². The third-order valence-electron chi connectivity index (χ3n) is 5.76. The molecule has 1 aromatic carbocycles. The normalized spacial score (nSPS) is 23.9. The number of hydrogen-bond acceptors (Lipinski definition) is 6. The van der Waals surface area contributed by atoms with Gasteiger partial charge in [0.1, 0.15) is 23.8 Å². The van der Waals surface area contributed by atoms with Crippen LogP contribution in [0, 0.1) is 12.7 Å². The number of halogens is 4. The van der Waals surface area contributed by atoms with Gasteiger partial charge in [0.2, 0.25) is 0 Å². The van der Waals surface area contributed by atoms with E-state index < -0.39 is 54.7 Å². The number of benzene rings is 1. The Morgan fingerprint density at radius 1 is 1.39 bits per heavy atom. The number of alkyl halides is 3. The van der Waals surface area contributed by atoms with Gasteiger partial charge in [0.25, 0.3) is 5.91 Å². The molecule has 3 rings (SSSR count). The van der Waals surface area contributed by atoms with Gasteiger partial charge in [-0.2, -0.15) is 13.2 Å². The van der Waals surface area contributed by atoms with Crippen molar-refractivity contribution in [3.8, 4) is 5.75 Å². The van der Waals surface area contributed by atoms with Gasteiger partial charge in [0, 0.05) is 28.9 Å². The molecule has 2 heterocycles. The second-order valence-electron chi connectivity index (χ2n) is 8.03. The molecular formula is C22H24F4N2O5. The van der Waals surface area contributed by atoms with E-state index in [2.05, 4.69) is 10.3 Å². The van der Waals surface area contributed by atoms with E-state index in [-0.39, 0.29) is 28.3 Å². The number of aliphatic hydroxyl groups is 2. The number of nitrogens with one attached hydrogen (secondary N) is 1. The Balaban J connectivity index is 1.99. The number of aliphatic hydroxyl groups excluding tert-OH is 2. The summed E-state index contributed by atoms with van der Waals surface area (Å²) in [6, 6.07) is 5.06. The second kappa shape index (κ2) is 9.24. The molecule has 1 fully saturated rings. The number of pyridine rings is 1. The van der Waals surface area contributed by atoms with Crippen molar-refractivity contribution >= 4 is 11.6 Å². The summed E-state index contributed by atoms with van der Waals surface area (Å²) in [6.07, 6.45) is -6.95. The first-order chi connectivity index (χ1) is 15.4. The average Bonchev–Trinajstić information content (AvgIpc) is 3.14. The van der Waals surface area contributed by atoms with Gasteiger partial charge in [-0.1, -0.05) is 6.07 Å². The highest BCUT2D eigenvalue weighted by Gasteiger charge is 2.61. The minimum Gasteiger partial charge on any atom is -0.496 e. The van der Waals surface area contributed by atoms with Crippen molar-refractivity contribution in [1.82, 2.24) is 4.98 Å². The van der Waals surface area contributed by atoms with Crippen LogP contribution in [0.25, 0.3) is 0 Å². The smallest absolute Gasteiger partial charge is 0.417 e. The molecule has 11 heteroatoms. The Bertz CT molecular complexity index is 1030. The zero-order chi connectivity index (χ0) is 24.6. The molecule has 3 N–H and O–H groups in total. The fraction of sp³-hybridized carbons (Fsp3) is 0.455. The van der Waals surface area contributed by atoms with Crippen molar-refractivity contribution in [2.24, 2.45) is 0 Å². The lowest BCUT2D eigenvalue weighted by Gasteiger charge is -2.27. The van der Waals surface area contributed by atoms with Gasteiger partial charge in [-0.15, -0.1) is 0 Å². The summed E-state index contributed by atoms with van der Waals surface area (Å²) in [6.45, 7) is 1.68. The number of aromatic nitrogens is 1. The molecule has 0 aliphatic carbocycles. The minimum atomic E-state index is -4.77. The summed E-state index contributed by atoms with van der Waals surface area (Å²) in [5.74, 6) is -2.51. The number of methoxy groups -OCH3 is 1. The average molecular weight is 472 g/mol. The minimum absolute atomic E-state index is 0.0464. The van der Waals surface area contributed by atoms with Crippen molar-refractivity contribution in [3.05, 3.63) is 53.1 Å². The molecule has 1 amide bonds. The SMILES string of the molecule is COc1c([C@@H]2C[C@](C)(C(F)(F)F)O[C@H]2C(=O)Nc2ccnc([C@@H](O)CO)c2)ccc(F)c1C. The van der Waals surface area contributed by atoms with Crippen LogP contribution in [0.15, 0.2) is 30.5 Å². The van der Waals surface area contributed by atoms with Crippen LogP contribution in [0.5, 0.6) is 5.75 Å². The predicted molar refractivity (Wildman–Crippen MR) is 109 cm³/mol. The summed E-state index contributed by atoms with van der Waals surface area (Å²) in [5, 5.41) is 21.3. The van der Waals surface area contributed by atoms with E-state index in [4.69, 9.17) is 14.6 Å². The zero-order valence-electron chi connectivity index (χ0n) is 18.1. The standard InChI is InChI=1S/C22H24F4N2O5/c1-11-15(23)5-4-13(18(11)32-3)14-9-21(2,22(24,25)26)33-19(14)20(31)28-12-6-7-27-16(8-12)17(30)10-29/h4-8,14,17,19,29-30H,9-10H2,1-3H3,(H,27,28,31)/t14-,17-,19+,21+/m0/s1. The Morgan fingerprint density at radius 2 is 2.09 bits per heavy atom. The van der Waals surface area contributed by atoms with Gasteiger partial charge in [0.05, 0.1) is 19.4 Å². The summed E-state index contributed by atoms with van der Waals surface area (Å²) >= 11 is 0. The number of nitrogens with zero attached hydrogens (tertiary/aromatic N) is 1. The van der Waals surface area contributed by atoms with E-state index in [1.165, 1.54) is 38.4 Å². The highest BCUT2D eigenvalue weighted by atomic mass is 19.4. The fourth-order valence-electron chi connectivity index (χ4n) is 3.90. The molecule has 4 atom stereocenters. The van der Waals surface area contributed by atoms with Gasteiger partial charge in [-0.3, -0.25) is 9.78 Å². The molecule has 1 aliphatic heterocycles. The van der Waals surface area contributed by atoms with Crippen molar-refractivity contribution in [1.29, 1.82) is 0 Å². The molecule has 33 heavy (non-hydrogen) atoms. The maximum absolute atomic E-state index is 14.0. The zero-order valence-corrected chi connectivity index (χ0v) is 18.1. The number of carbonyl (C=O) groups is 1. The molecule has 1 aromatic heterocycles. The second-order valence-corrected chi connectivity index (χ2v) is 8.03. The molecule has 0 bridgehead atoms. The van der Waals surface area contributed by atoms with Crippen LogP contribution in [0.1, 0.15) is 42.2 Å². The molecule has 2 aromatic rings. The Hall–Kier alpha value is -2.76. The summed E-state index contributed by atoms with van der Waals surface area (Å²) in [7, 11) is 1.27. The van der Waals surface area contributed by atoms with Crippen LogP contribution >= 0.6 is 0 Å². The number of carbonyl (C=O) groups excluding carboxylic acids is 1. The van der Waals surface area contributed by atoms with Crippen LogP contribution in [0.2, 0.25) is 0 Å². The lowest BCUT2D eigenvalue weighted by Crippen LogP contribution is -2.43. The van der Waals surface area contributed by atoms with E-state index in [9.17, 15) is 27.5 Å². The molecule has 0 unspecified atom stereocenters. The highest BCUT2D eigenvalue weighted by molar-refractivity contribution is 5.95. The van der Waals surface area contributed by atoms with Gasteiger partial charge < -0.3 is 25.0 Å². The van der Waals surface area contributed by atoms with Crippen LogP contribution in [0.4, 0.5) is 23.2 Å². The van der Waals surface area contributed by atoms with Crippen molar-refractivity contribution in [2.45, 2.75) is 50.2 Å². The molecule has 0 radical (unpaired) electrons. The third kappa shape index (κ3) is 4.80. The molecule has 7 nitrogen and oxygen atoms in total. The fourth-order valence-corrected chi connectivity index (χ4v) is 3.90. The van der Waals surface area contributed by atoms with E-state index in [1.807, 2.05) is 0 Å². The summed E-state index contributed by atoms with van der Waals surface area (Å²) < 4.78 is 66.0. The van der Waals surface area contributed by atoms with Gasteiger partial charge in [0.15, 0.2) is 5.60 Å². The van der Waals surface area contributed by atoms with E-state index >= 15 is 0 Å². The largest absolute Gasteiger partial charge is 0.496 e. The lowest BCUT2D eigenvalue weighted by atomic mass is 9.85. The number of anilines is 1. The van der Waals surface area contributed by atoms with E-state index in [1.54, 1.807) is 0 Å². The highest BCUT2D eigenvalue weighted by Crippen LogP contribution is 2.51. The number of rotatable bonds is 6. The van der Waals surface area contributed by atoms with Crippen molar-refractivity contribution < 1.29 is 42.0 Å². The quantitative estimate of drug-likeness (QED) is 0.558. The van der Waals surface area contributed by atoms with Crippen LogP contribution in [-0.4, -0.2) is 52.7 Å². The van der Waals surface area contributed by atoms with Gasteiger partial charge in [-0.05, 0) is 38.5 Å². The topological polar surface area (TPSA) is 101 Å². The lowest BCUT2D eigenvalue weighted by molar-refractivity contribution is -0.261. The first-order valence-electron chi connectivity index (χ1n) is 10.0. The number of hydrogen-bond donors (Lipinski definition) is 3. The molecule has 1 aliphatic rings. The van der Waals surface area contributed by atoms with Crippen molar-refractivity contribution in [2.75, 3.05) is 19.0 Å². The molecule has 1 saturated heterocycles.